The minimum Gasteiger partial charge on any atom is -0.490 e. The van der Waals surface area contributed by atoms with Crippen molar-refractivity contribution in [2.75, 3.05) is 27.4 Å². The highest BCUT2D eigenvalue weighted by Gasteiger charge is 2.55. The Bertz CT molecular complexity index is 987. The van der Waals surface area contributed by atoms with Gasteiger partial charge in [-0.25, -0.2) is 4.57 Å². The molecule has 182 valence electrons. The molecule has 0 bridgehead atoms. The van der Waals surface area contributed by atoms with E-state index in [9.17, 15) is 14.5 Å². The van der Waals surface area contributed by atoms with Crippen molar-refractivity contribution in [3.05, 3.63) is 29.3 Å². The van der Waals surface area contributed by atoms with E-state index in [0.717, 1.165) is 11.1 Å². The molecule has 1 aliphatic carbocycles. The van der Waals surface area contributed by atoms with Gasteiger partial charge < -0.3 is 29.2 Å². The van der Waals surface area contributed by atoms with Crippen LogP contribution in [0.1, 0.15) is 37.8 Å². The lowest BCUT2D eigenvalue weighted by molar-refractivity contribution is -0.143. The van der Waals surface area contributed by atoms with Crippen LogP contribution in [0.25, 0.3) is 0 Å². The van der Waals surface area contributed by atoms with Gasteiger partial charge in [-0.15, -0.1) is 0 Å². The van der Waals surface area contributed by atoms with E-state index in [-0.39, 0.29) is 30.7 Å². The van der Waals surface area contributed by atoms with Gasteiger partial charge in [0, 0.05) is 18.5 Å². The van der Waals surface area contributed by atoms with Crippen molar-refractivity contribution < 1.29 is 42.2 Å². The molecule has 4 unspecified atom stereocenters. The highest BCUT2D eigenvalue weighted by atomic mass is 31.2. The van der Waals surface area contributed by atoms with E-state index in [2.05, 4.69) is 5.32 Å². The molecule has 1 aromatic rings. The maximum Gasteiger partial charge on any atom is 0.530 e. The van der Waals surface area contributed by atoms with Gasteiger partial charge in [0.2, 0.25) is 5.75 Å². The Morgan fingerprint density at radius 2 is 2.03 bits per heavy atom. The van der Waals surface area contributed by atoms with Gasteiger partial charge in [0.1, 0.15) is 12.1 Å². The number of aliphatic hydroxyl groups is 1. The smallest absolute Gasteiger partial charge is 0.490 e. The molecule has 0 saturated heterocycles. The third-order valence-corrected chi connectivity index (χ3v) is 7.78. The number of hydrogen-bond donors (Lipinski definition) is 2. The van der Waals surface area contributed by atoms with E-state index in [1.165, 1.54) is 14.2 Å². The molecule has 10 nitrogen and oxygen atoms in total. The van der Waals surface area contributed by atoms with Crippen LogP contribution < -0.4 is 19.3 Å². The summed E-state index contributed by atoms with van der Waals surface area (Å²) in [6.07, 6.45) is 3.25. The number of aliphatic hydroxyl groups excluding tert-OH is 1. The molecule has 2 N–H and O–H groups in total. The van der Waals surface area contributed by atoms with Crippen LogP contribution in [0.2, 0.25) is 0 Å². The van der Waals surface area contributed by atoms with E-state index in [4.69, 9.17) is 27.8 Å². The van der Waals surface area contributed by atoms with Crippen molar-refractivity contribution in [1.29, 1.82) is 0 Å². The fourth-order valence-electron chi connectivity index (χ4n) is 4.91. The zero-order valence-corrected chi connectivity index (χ0v) is 20.1. The topological polar surface area (TPSA) is 122 Å². The van der Waals surface area contributed by atoms with Gasteiger partial charge in [-0.3, -0.25) is 13.8 Å². The lowest BCUT2D eigenvalue weighted by atomic mass is 9.68. The number of carbonyl (C=O) groups is 1. The first-order chi connectivity index (χ1) is 15.8. The van der Waals surface area contributed by atoms with E-state index in [0.29, 0.717) is 25.1 Å². The Labute approximate surface area is 192 Å². The lowest BCUT2D eigenvalue weighted by Gasteiger charge is -2.36. The summed E-state index contributed by atoms with van der Waals surface area (Å²) in [6.45, 7) is 3.95. The third kappa shape index (κ3) is 4.15. The number of carbonyl (C=O) groups excluding carboxylic acids is 1. The predicted molar refractivity (Wildman–Crippen MR) is 118 cm³/mol. The zero-order valence-electron chi connectivity index (χ0n) is 19.2. The highest BCUT2D eigenvalue weighted by Crippen LogP contribution is 2.60. The highest BCUT2D eigenvalue weighted by molar-refractivity contribution is 7.48. The average Bonchev–Trinajstić information content (AvgIpc) is 3.00. The average molecular weight is 483 g/mol. The molecular formula is C22H30NO9P. The molecule has 0 saturated carbocycles. The van der Waals surface area contributed by atoms with Crippen molar-refractivity contribution in [1.82, 2.24) is 5.32 Å². The molecule has 33 heavy (non-hydrogen) atoms. The van der Waals surface area contributed by atoms with E-state index in [1.54, 1.807) is 26.0 Å². The van der Waals surface area contributed by atoms with Crippen molar-refractivity contribution >= 4 is 13.8 Å². The molecule has 4 atom stereocenters. The first kappa shape index (κ1) is 24.0. The molecule has 2 heterocycles. The van der Waals surface area contributed by atoms with E-state index < -0.39 is 31.5 Å². The van der Waals surface area contributed by atoms with Crippen LogP contribution >= 0.6 is 7.82 Å². The molecule has 0 fully saturated rings. The standard InChI is InChI=1S/C22H30NO9P/c1-5-29-33(26,30-6-2)32-16-9-13-12-23-15(21(25)28-4)11-22-8-7-14(24)10-17(22)31-20(18(13)22)19(16)27-3/h7-9,14-15,17,23-24H,5-6,10-12H2,1-4H3. The Morgan fingerprint density at radius 1 is 1.30 bits per heavy atom. The molecule has 3 aliphatic rings. The van der Waals surface area contributed by atoms with Gasteiger partial charge in [-0.05, 0) is 31.9 Å². The third-order valence-electron chi connectivity index (χ3n) is 6.21. The van der Waals surface area contributed by atoms with Gasteiger partial charge in [0.15, 0.2) is 11.5 Å². The van der Waals surface area contributed by atoms with Crippen LogP contribution in [0, 0.1) is 0 Å². The van der Waals surface area contributed by atoms with Gasteiger partial charge in [-0.1, -0.05) is 12.2 Å². The number of esters is 1. The number of phosphoric acid groups is 1. The summed E-state index contributed by atoms with van der Waals surface area (Å²) in [4.78, 5) is 12.5. The van der Waals surface area contributed by atoms with Crippen LogP contribution in [-0.2, 0) is 35.1 Å². The summed E-state index contributed by atoms with van der Waals surface area (Å²) in [5, 5.41) is 13.5. The maximum absolute atomic E-state index is 13.1. The summed E-state index contributed by atoms with van der Waals surface area (Å²) in [5.41, 5.74) is 0.957. The number of ether oxygens (including phenoxy) is 3. The zero-order chi connectivity index (χ0) is 23.8. The van der Waals surface area contributed by atoms with Gasteiger partial charge >= 0.3 is 13.8 Å². The van der Waals surface area contributed by atoms with Crippen molar-refractivity contribution in [3.63, 3.8) is 0 Å². The second kappa shape index (κ2) is 9.27. The van der Waals surface area contributed by atoms with Crippen molar-refractivity contribution in [3.8, 4) is 17.2 Å². The van der Waals surface area contributed by atoms with Crippen molar-refractivity contribution in [2.45, 2.75) is 56.9 Å². The summed E-state index contributed by atoms with van der Waals surface area (Å²) in [7, 11) is -1.09. The quantitative estimate of drug-likeness (QED) is 0.324. The second-order valence-corrected chi connectivity index (χ2v) is 9.71. The minimum atomic E-state index is -3.91. The van der Waals surface area contributed by atoms with Gasteiger partial charge in [0.25, 0.3) is 0 Å². The number of benzene rings is 1. The number of rotatable bonds is 8. The van der Waals surface area contributed by atoms with Crippen LogP contribution in [0.15, 0.2) is 18.2 Å². The summed E-state index contributed by atoms with van der Waals surface area (Å²) in [5.74, 6) is 0.444. The summed E-state index contributed by atoms with van der Waals surface area (Å²) < 4.78 is 46.4. The number of methoxy groups -OCH3 is 2. The summed E-state index contributed by atoms with van der Waals surface area (Å²) >= 11 is 0. The second-order valence-electron chi connectivity index (χ2n) is 8.12. The Morgan fingerprint density at radius 3 is 2.67 bits per heavy atom. The Balaban J connectivity index is 1.86. The van der Waals surface area contributed by atoms with Gasteiger partial charge in [-0.2, -0.15) is 0 Å². The minimum absolute atomic E-state index is 0.129. The fraction of sp³-hybridized carbons (Fsp3) is 0.591. The molecule has 0 amide bonds. The molecule has 2 aliphatic heterocycles. The largest absolute Gasteiger partial charge is 0.530 e. The van der Waals surface area contributed by atoms with Crippen molar-refractivity contribution in [2.24, 2.45) is 0 Å². The maximum atomic E-state index is 13.1. The first-order valence-electron chi connectivity index (χ1n) is 11.0. The molecule has 1 spiro atoms. The van der Waals surface area contributed by atoms with Gasteiger partial charge in [0.05, 0.1) is 39.0 Å². The molecular weight excluding hydrogens is 453 g/mol. The first-order valence-corrected chi connectivity index (χ1v) is 12.4. The fourth-order valence-corrected chi connectivity index (χ4v) is 6.10. The van der Waals surface area contributed by atoms with E-state index >= 15 is 0 Å². The molecule has 1 aromatic carbocycles. The van der Waals surface area contributed by atoms with Crippen LogP contribution in [0.3, 0.4) is 0 Å². The molecule has 0 radical (unpaired) electrons. The van der Waals surface area contributed by atoms with E-state index in [1.807, 2.05) is 6.08 Å². The molecule has 11 heteroatoms. The number of nitrogens with one attached hydrogen (secondary N) is 1. The Hall–Kier alpha value is -2.10. The molecule has 0 aromatic heterocycles. The summed E-state index contributed by atoms with van der Waals surface area (Å²) in [6, 6.07) is 1.12. The molecule has 4 rings (SSSR count). The van der Waals surface area contributed by atoms with Crippen LogP contribution in [0.5, 0.6) is 17.2 Å². The van der Waals surface area contributed by atoms with Crippen LogP contribution in [-0.4, -0.2) is 56.8 Å². The van der Waals surface area contributed by atoms with Crippen LogP contribution in [0.4, 0.5) is 0 Å². The Kier molecular flexibility index (Phi) is 6.75. The SMILES string of the molecule is CCOP(=O)(OCC)Oc1cc2c3c(c1OC)OC1CC(O)C=CC31CC(C(=O)OC)NC2. The normalized spacial score (nSPS) is 27.7. The monoisotopic (exact) mass is 483 g/mol. The lowest BCUT2D eigenvalue weighted by Crippen LogP contribution is -2.47. The number of hydrogen-bond acceptors (Lipinski definition) is 10. The number of phosphoric ester groups is 1. The predicted octanol–water partition coefficient (Wildman–Crippen LogP) is 2.61.